The molecule has 0 fully saturated rings. The van der Waals surface area contributed by atoms with E-state index in [1.807, 2.05) is 0 Å². The van der Waals surface area contributed by atoms with E-state index >= 15 is 0 Å². The number of thiophene rings is 1. The van der Waals surface area contributed by atoms with Gasteiger partial charge in [-0.1, -0.05) is 0 Å². The third-order valence-electron chi connectivity index (χ3n) is 6.23. The second kappa shape index (κ2) is 12.0. The van der Waals surface area contributed by atoms with E-state index in [2.05, 4.69) is 72.6 Å². The van der Waals surface area contributed by atoms with E-state index < -0.39 is 18.4 Å². The van der Waals surface area contributed by atoms with Crippen LogP contribution in [0.25, 0.3) is 11.3 Å². The predicted octanol–water partition coefficient (Wildman–Crippen LogP) is 7.11. The normalized spacial score (nSPS) is 11.8. The molecular formula is C25H37N3SSn. The molecule has 0 saturated heterocycles. The summed E-state index contributed by atoms with van der Waals surface area (Å²) in [5.41, 5.74) is 3.80. The third kappa shape index (κ3) is 5.76. The van der Waals surface area contributed by atoms with Gasteiger partial charge in [0.25, 0.3) is 0 Å². The van der Waals surface area contributed by atoms with Gasteiger partial charge >= 0.3 is 192 Å². The summed E-state index contributed by atoms with van der Waals surface area (Å²) in [6.07, 6.45) is 7.90. The van der Waals surface area contributed by atoms with Crippen molar-refractivity contribution in [3.63, 3.8) is 0 Å². The van der Waals surface area contributed by atoms with Gasteiger partial charge in [0.15, 0.2) is 0 Å². The van der Waals surface area contributed by atoms with Crippen LogP contribution in [0.3, 0.4) is 0 Å². The van der Waals surface area contributed by atoms with Crippen molar-refractivity contribution in [2.24, 2.45) is 0 Å². The Kier molecular flexibility index (Phi) is 9.44. The van der Waals surface area contributed by atoms with Gasteiger partial charge in [-0.05, 0) is 0 Å². The topological polar surface area (TPSA) is 30.7 Å². The predicted molar refractivity (Wildman–Crippen MR) is 133 cm³/mol. The summed E-state index contributed by atoms with van der Waals surface area (Å²) < 4.78 is 8.21. The molecule has 3 rings (SSSR count). The van der Waals surface area contributed by atoms with Crippen LogP contribution in [0, 0.1) is 0 Å². The molecule has 0 aliphatic heterocycles. The van der Waals surface area contributed by atoms with E-state index in [0.717, 1.165) is 6.54 Å². The van der Waals surface area contributed by atoms with Crippen LogP contribution in [0.15, 0.2) is 47.2 Å². The number of nitrogens with zero attached hydrogens (tertiary/aromatic N) is 3. The number of aromatic nitrogens is 3. The van der Waals surface area contributed by atoms with E-state index in [1.54, 1.807) is 15.0 Å². The van der Waals surface area contributed by atoms with Crippen molar-refractivity contribution in [1.29, 1.82) is 0 Å². The zero-order valence-corrected chi connectivity index (χ0v) is 22.6. The summed E-state index contributed by atoms with van der Waals surface area (Å²) in [5, 5.41) is 14.0. The van der Waals surface area contributed by atoms with Crippen molar-refractivity contribution in [2.75, 3.05) is 0 Å². The van der Waals surface area contributed by atoms with Gasteiger partial charge in [0.1, 0.15) is 0 Å². The van der Waals surface area contributed by atoms with Crippen LogP contribution < -0.4 is 3.71 Å². The van der Waals surface area contributed by atoms with Crippen molar-refractivity contribution in [1.82, 2.24) is 15.0 Å². The van der Waals surface area contributed by atoms with Crippen molar-refractivity contribution >= 4 is 33.4 Å². The molecule has 0 bridgehead atoms. The van der Waals surface area contributed by atoms with Crippen LogP contribution >= 0.6 is 11.3 Å². The summed E-state index contributed by atoms with van der Waals surface area (Å²) in [5.74, 6) is 0. The second-order valence-corrected chi connectivity index (χ2v) is 22.3. The number of unbranched alkanes of at least 4 members (excludes halogenated alkanes) is 3. The van der Waals surface area contributed by atoms with Crippen molar-refractivity contribution in [3.8, 4) is 11.3 Å². The molecular weight excluding hydrogens is 493 g/mol. The number of benzene rings is 1. The summed E-state index contributed by atoms with van der Waals surface area (Å²) in [7, 11) is 0. The van der Waals surface area contributed by atoms with Crippen molar-refractivity contribution < 1.29 is 0 Å². The summed E-state index contributed by atoms with van der Waals surface area (Å²) in [6.45, 7) is 7.87. The molecule has 0 radical (unpaired) electrons. The molecule has 0 unspecified atom stereocenters. The molecule has 5 heteroatoms. The van der Waals surface area contributed by atoms with E-state index in [-0.39, 0.29) is 0 Å². The Hall–Kier alpha value is -1.14. The second-order valence-electron chi connectivity index (χ2n) is 8.53. The molecule has 0 amide bonds. The Morgan fingerprint density at radius 1 is 0.867 bits per heavy atom. The molecule has 0 aliphatic carbocycles. The van der Waals surface area contributed by atoms with Crippen LogP contribution in [-0.4, -0.2) is 33.4 Å². The molecule has 30 heavy (non-hydrogen) atoms. The van der Waals surface area contributed by atoms with Gasteiger partial charge in [0, 0.05) is 0 Å². The van der Waals surface area contributed by atoms with Gasteiger partial charge in [0.05, 0.1) is 0 Å². The average molecular weight is 530 g/mol. The molecule has 2 aromatic heterocycles. The average Bonchev–Trinajstić information content (AvgIpc) is 3.45. The number of hydrogen-bond acceptors (Lipinski definition) is 3. The molecule has 3 aromatic rings. The fourth-order valence-corrected chi connectivity index (χ4v) is 22.1. The maximum absolute atomic E-state index is 4.82. The van der Waals surface area contributed by atoms with Gasteiger partial charge in [-0.2, -0.15) is 0 Å². The molecule has 0 atom stereocenters. The molecule has 0 saturated carbocycles. The first kappa shape index (κ1) is 23.5. The maximum atomic E-state index is 4.82. The molecule has 0 spiro atoms. The number of hydrogen-bond donors (Lipinski definition) is 0. The first-order valence-corrected chi connectivity index (χ1v) is 20.2. The minimum atomic E-state index is -2.71. The zero-order valence-electron chi connectivity index (χ0n) is 18.9. The van der Waals surface area contributed by atoms with Gasteiger partial charge in [-0.15, -0.1) is 0 Å². The fourth-order valence-electron chi connectivity index (χ4n) is 4.57. The van der Waals surface area contributed by atoms with Gasteiger partial charge in [-0.3, -0.25) is 0 Å². The van der Waals surface area contributed by atoms with E-state index in [0.29, 0.717) is 0 Å². The van der Waals surface area contributed by atoms with Gasteiger partial charge < -0.3 is 0 Å². The summed E-state index contributed by atoms with van der Waals surface area (Å²) >= 11 is -0.939. The first-order valence-electron chi connectivity index (χ1n) is 11.7. The third-order valence-corrected chi connectivity index (χ3v) is 22.4. The molecule has 1 aromatic carbocycles. The Labute approximate surface area is 190 Å². The quantitative estimate of drug-likeness (QED) is 0.221. The summed E-state index contributed by atoms with van der Waals surface area (Å²) in [4.78, 5) is 0. The van der Waals surface area contributed by atoms with Crippen LogP contribution in [0.4, 0.5) is 0 Å². The van der Waals surface area contributed by atoms with Gasteiger partial charge in [-0.25, -0.2) is 0 Å². The van der Waals surface area contributed by atoms with Crippen LogP contribution in [0.2, 0.25) is 13.3 Å². The van der Waals surface area contributed by atoms with Crippen LogP contribution in [0.1, 0.15) is 64.9 Å². The molecule has 3 nitrogen and oxygen atoms in total. The first-order chi connectivity index (χ1) is 14.7. The molecule has 2 heterocycles. The Balaban J connectivity index is 2.13. The fraction of sp³-hybridized carbons (Fsp3) is 0.520. The Morgan fingerprint density at radius 3 is 2.03 bits per heavy atom. The SMILES string of the molecule is CCC[CH2][Sn]([CH2]CCC)([CH2]CCC)[c]1c(-c2ccsc2)nnn1Cc1ccccc1. The molecule has 0 aliphatic rings. The van der Waals surface area contributed by atoms with E-state index in [1.165, 1.54) is 68.7 Å². The van der Waals surface area contributed by atoms with Crippen molar-refractivity contribution in [3.05, 3.63) is 52.7 Å². The van der Waals surface area contributed by atoms with Gasteiger partial charge in [0.2, 0.25) is 0 Å². The molecule has 0 N–H and O–H groups in total. The minimum absolute atomic E-state index is 0.844. The summed E-state index contributed by atoms with van der Waals surface area (Å²) in [6, 6.07) is 13.0. The monoisotopic (exact) mass is 531 g/mol. The van der Waals surface area contributed by atoms with Crippen molar-refractivity contribution in [2.45, 2.75) is 79.2 Å². The Bertz CT molecular complexity index is 836. The van der Waals surface area contributed by atoms with Crippen LogP contribution in [-0.2, 0) is 6.54 Å². The standard InChI is InChI=1S/C13H10N3S.3C4H9.Sn/c1-2-4-11(5-3-1)8-16-9-13(14-15-16)12-6-7-17-10-12;3*1-3-4-2;/h1-7,10H,8H2;3*1,3-4H2,2H3;. The number of rotatable bonds is 13. The molecule has 162 valence electrons. The van der Waals surface area contributed by atoms with E-state index in [9.17, 15) is 0 Å². The zero-order chi connectivity index (χ0) is 21.2. The van der Waals surface area contributed by atoms with E-state index in [4.69, 9.17) is 10.3 Å². The van der Waals surface area contributed by atoms with Crippen LogP contribution in [0.5, 0.6) is 0 Å². The Morgan fingerprint density at radius 2 is 1.50 bits per heavy atom.